The Hall–Kier alpha value is -1.62. The Bertz CT molecular complexity index is 613. The predicted molar refractivity (Wildman–Crippen MR) is 110 cm³/mol. The fraction of sp³-hybridized carbons (Fsp3) is 0.619. The number of thiocarbonyl (C=S) groups is 1. The van der Waals surface area contributed by atoms with Gasteiger partial charge in [0, 0.05) is 26.2 Å². The topological polar surface area (TPSA) is 35.6 Å². The number of carbonyl (C=O) groups is 1. The molecule has 0 spiro atoms. The number of amides is 1. The Morgan fingerprint density at radius 2 is 1.81 bits per heavy atom. The molecule has 4 nitrogen and oxygen atoms in total. The van der Waals surface area contributed by atoms with Crippen molar-refractivity contribution >= 4 is 23.2 Å². The molecule has 1 aromatic carbocycles. The fourth-order valence-corrected chi connectivity index (χ4v) is 4.29. The van der Waals surface area contributed by atoms with Crippen molar-refractivity contribution in [2.24, 2.45) is 11.8 Å². The van der Waals surface area contributed by atoms with E-state index in [1.165, 1.54) is 5.56 Å². The molecule has 3 rings (SSSR count). The maximum absolute atomic E-state index is 12.9. The lowest BCUT2D eigenvalue weighted by molar-refractivity contribution is -0.138. The summed E-state index contributed by atoms with van der Waals surface area (Å²) in [5.74, 6) is 1.17. The molecular formula is C21H31N3OS. The zero-order chi connectivity index (χ0) is 18.5. The number of piperidine rings is 2. The zero-order valence-corrected chi connectivity index (χ0v) is 16.8. The van der Waals surface area contributed by atoms with E-state index in [0.717, 1.165) is 62.9 Å². The predicted octanol–water partition coefficient (Wildman–Crippen LogP) is 3.59. The van der Waals surface area contributed by atoms with Crippen LogP contribution in [0.15, 0.2) is 30.3 Å². The monoisotopic (exact) mass is 373 g/mol. The van der Waals surface area contributed by atoms with Crippen LogP contribution in [0.25, 0.3) is 0 Å². The van der Waals surface area contributed by atoms with Gasteiger partial charge in [0.2, 0.25) is 5.91 Å². The molecule has 1 aromatic rings. The third-order valence-corrected chi connectivity index (χ3v) is 6.17. The van der Waals surface area contributed by atoms with Crippen LogP contribution in [0.4, 0.5) is 0 Å². The maximum Gasteiger partial charge on any atom is 0.227 e. The highest BCUT2D eigenvalue weighted by molar-refractivity contribution is 7.80. The van der Waals surface area contributed by atoms with Crippen LogP contribution in [0, 0.1) is 11.8 Å². The van der Waals surface area contributed by atoms with Gasteiger partial charge in [-0.05, 0) is 56.3 Å². The summed E-state index contributed by atoms with van der Waals surface area (Å²) in [6, 6.07) is 10.5. The summed E-state index contributed by atoms with van der Waals surface area (Å²) in [6.45, 7) is 7.94. The lowest BCUT2D eigenvalue weighted by Crippen LogP contribution is -2.50. The molecule has 0 aliphatic carbocycles. The van der Waals surface area contributed by atoms with Gasteiger partial charge in [0.1, 0.15) is 0 Å². The molecule has 2 aliphatic rings. The van der Waals surface area contributed by atoms with E-state index in [0.29, 0.717) is 5.91 Å². The zero-order valence-electron chi connectivity index (χ0n) is 16.0. The summed E-state index contributed by atoms with van der Waals surface area (Å²) in [5.41, 5.74) is 1.22. The van der Waals surface area contributed by atoms with E-state index in [-0.39, 0.29) is 12.0 Å². The van der Waals surface area contributed by atoms with E-state index in [4.69, 9.17) is 12.2 Å². The van der Waals surface area contributed by atoms with Crippen LogP contribution in [0.5, 0.6) is 0 Å². The molecule has 2 saturated heterocycles. The standard InChI is InChI=1S/C21H31N3OS/c1-16-10-13-23(14-11-16)20(25)19-9-6-12-24(15-19)21(26)22-17(2)18-7-4-3-5-8-18/h3-5,7-8,16-17,19H,6,9-15H2,1-2H3,(H,22,26)/t17-,19+/m0/s1. The van der Waals surface area contributed by atoms with Gasteiger partial charge >= 0.3 is 0 Å². The SMILES string of the molecule is CC1CCN(C(=O)[C@@H]2CCCN(C(=S)N[C@@H](C)c3ccccc3)C2)CC1. The molecule has 2 atom stereocenters. The highest BCUT2D eigenvalue weighted by Gasteiger charge is 2.31. The van der Waals surface area contributed by atoms with Crippen LogP contribution in [0.2, 0.25) is 0 Å². The third kappa shape index (κ3) is 4.76. The first-order valence-corrected chi connectivity index (χ1v) is 10.3. The van der Waals surface area contributed by atoms with Gasteiger partial charge < -0.3 is 15.1 Å². The molecule has 0 unspecified atom stereocenters. The summed E-state index contributed by atoms with van der Waals surface area (Å²) in [6.07, 6.45) is 4.29. The third-order valence-electron chi connectivity index (χ3n) is 5.79. The number of likely N-dealkylation sites (tertiary alicyclic amines) is 2. The molecule has 0 saturated carbocycles. The number of rotatable bonds is 3. The minimum atomic E-state index is 0.0870. The summed E-state index contributed by atoms with van der Waals surface area (Å²) < 4.78 is 0. The number of hydrogen-bond donors (Lipinski definition) is 1. The van der Waals surface area contributed by atoms with Crippen molar-refractivity contribution in [1.82, 2.24) is 15.1 Å². The smallest absolute Gasteiger partial charge is 0.227 e. The average Bonchev–Trinajstić information content (AvgIpc) is 2.68. The molecule has 142 valence electrons. The summed E-state index contributed by atoms with van der Waals surface area (Å²) >= 11 is 5.65. The Morgan fingerprint density at radius 3 is 2.50 bits per heavy atom. The van der Waals surface area contributed by atoms with E-state index in [1.54, 1.807) is 0 Å². The Kier molecular flexibility index (Phi) is 6.52. The number of benzene rings is 1. The first-order valence-electron chi connectivity index (χ1n) is 9.93. The second kappa shape index (κ2) is 8.85. The molecule has 0 aromatic heterocycles. The highest BCUT2D eigenvalue weighted by Crippen LogP contribution is 2.23. The minimum Gasteiger partial charge on any atom is -0.356 e. The second-order valence-electron chi connectivity index (χ2n) is 7.87. The van der Waals surface area contributed by atoms with Crippen LogP contribution >= 0.6 is 12.2 Å². The molecule has 2 heterocycles. The molecule has 1 amide bonds. The normalized spacial score (nSPS) is 22.8. The van der Waals surface area contributed by atoms with Gasteiger partial charge in [0.05, 0.1) is 12.0 Å². The average molecular weight is 374 g/mol. The Balaban J connectivity index is 1.54. The largest absolute Gasteiger partial charge is 0.356 e. The van der Waals surface area contributed by atoms with Crippen molar-refractivity contribution in [3.8, 4) is 0 Å². The van der Waals surface area contributed by atoms with Gasteiger partial charge in [0.15, 0.2) is 5.11 Å². The summed E-state index contributed by atoms with van der Waals surface area (Å²) in [7, 11) is 0. The minimum absolute atomic E-state index is 0.0870. The Labute approximate surface area is 162 Å². The quantitative estimate of drug-likeness (QED) is 0.822. The molecular weight excluding hydrogens is 342 g/mol. The lowest BCUT2D eigenvalue weighted by atomic mass is 9.93. The summed E-state index contributed by atoms with van der Waals surface area (Å²) in [5, 5.41) is 4.21. The lowest BCUT2D eigenvalue weighted by Gasteiger charge is -2.38. The van der Waals surface area contributed by atoms with Crippen LogP contribution in [-0.2, 0) is 4.79 Å². The molecule has 5 heteroatoms. The molecule has 26 heavy (non-hydrogen) atoms. The van der Waals surface area contributed by atoms with Crippen molar-refractivity contribution < 1.29 is 4.79 Å². The maximum atomic E-state index is 12.9. The van der Waals surface area contributed by atoms with Gasteiger partial charge in [0.25, 0.3) is 0 Å². The van der Waals surface area contributed by atoms with Crippen molar-refractivity contribution in [1.29, 1.82) is 0 Å². The van der Waals surface area contributed by atoms with Crippen molar-refractivity contribution in [3.63, 3.8) is 0 Å². The highest BCUT2D eigenvalue weighted by atomic mass is 32.1. The number of carbonyl (C=O) groups excluding carboxylic acids is 1. The van der Waals surface area contributed by atoms with Crippen molar-refractivity contribution in [2.45, 2.75) is 45.6 Å². The molecule has 2 fully saturated rings. The van der Waals surface area contributed by atoms with Crippen molar-refractivity contribution in [3.05, 3.63) is 35.9 Å². The first kappa shape index (κ1) is 19.2. The number of nitrogens with zero attached hydrogens (tertiary/aromatic N) is 2. The van der Waals surface area contributed by atoms with E-state index >= 15 is 0 Å². The molecule has 0 radical (unpaired) electrons. The van der Waals surface area contributed by atoms with E-state index in [9.17, 15) is 4.79 Å². The van der Waals surface area contributed by atoms with Gasteiger partial charge in [-0.15, -0.1) is 0 Å². The molecule has 0 bridgehead atoms. The van der Waals surface area contributed by atoms with E-state index in [2.05, 4.69) is 41.1 Å². The Morgan fingerprint density at radius 1 is 1.12 bits per heavy atom. The molecule has 1 N–H and O–H groups in total. The van der Waals surface area contributed by atoms with Gasteiger partial charge in [-0.1, -0.05) is 37.3 Å². The van der Waals surface area contributed by atoms with Crippen LogP contribution in [0.3, 0.4) is 0 Å². The second-order valence-corrected chi connectivity index (χ2v) is 8.26. The van der Waals surface area contributed by atoms with Crippen LogP contribution < -0.4 is 5.32 Å². The fourth-order valence-electron chi connectivity index (χ4n) is 3.95. The number of hydrogen-bond acceptors (Lipinski definition) is 2. The first-order chi connectivity index (χ1) is 12.5. The van der Waals surface area contributed by atoms with Gasteiger partial charge in [-0.3, -0.25) is 4.79 Å². The van der Waals surface area contributed by atoms with Gasteiger partial charge in [-0.25, -0.2) is 0 Å². The summed E-state index contributed by atoms with van der Waals surface area (Å²) in [4.78, 5) is 17.2. The molecule has 2 aliphatic heterocycles. The van der Waals surface area contributed by atoms with Crippen molar-refractivity contribution in [2.75, 3.05) is 26.2 Å². The van der Waals surface area contributed by atoms with Crippen LogP contribution in [0.1, 0.15) is 51.1 Å². The van der Waals surface area contributed by atoms with E-state index < -0.39 is 0 Å². The van der Waals surface area contributed by atoms with Crippen LogP contribution in [-0.4, -0.2) is 47.0 Å². The van der Waals surface area contributed by atoms with Gasteiger partial charge in [-0.2, -0.15) is 0 Å². The number of nitrogens with one attached hydrogen (secondary N) is 1. The van der Waals surface area contributed by atoms with E-state index in [1.807, 2.05) is 18.2 Å².